The Hall–Kier alpha value is -0.220. The minimum Gasteiger partial charge on any atom is -0.355 e. The Morgan fingerprint density at radius 1 is 1.53 bits per heavy atom. The zero-order chi connectivity index (χ0) is 12.7. The van der Waals surface area contributed by atoms with Crippen LogP contribution in [0.15, 0.2) is 0 Å². The summed E-state index contributed by atoms with van der Waals surface area (Å²) in [7, 11) is 2.18. The molecule has 0 bridgehead atoms. The van der Waals surface area contributed by atoms with Gasteiger partial charge in [0.15, 0.2) is 0 Å². The predicted molar refractivity (Wildman–Crippen MR) is 75.4 cm³/mol. The fourth-order valence-electron chi connectivity index (χ4n) is 2.22. The van der Waals surface area contributed by atoms with Gasteiger partial charge in [-0.15, -0.1) is 11.8 Å². The number of nitrogens with one attached hydrogen (secondary N) is 1. The molecule has 0 aromatic rings. The molecule has 1 aliphatic rings. The molecular formula is C13H26N2OS. The Kier molecular flexibility index (Phi) is 6.97. The molecule has 1 aliphatic heterocycles. The largest absolute Gasteiger partial charge is 0.355 e. The smallest absolute Gasteiger partial charge is 0.230 e. The lowest BCUT2D eigenvalue weighted by molar-refractivity contribution is -0.118. The standard InChI is InChI=1S/C13H26N2OS/c1-11(2)17-10-13(16)14-7-6-12-5-4-8-15(3)9-12/h11-12H,4-10H2,1-3H3,(H,14,16)/t12-/m0/s1. The summed E-state index contributed by atoms with van der Waals surface area (Å²) in [6, 6.07) is 0. The molecular weight excluding hydrogens is 232 g/mol. The normalized spacial score (nSPS) is 21.8. The quantitative estimate of drug-likeness (QED) is 0.790. The molecule has 0 aliphatic carbocycles. The number of carbonyl (C=O) groups excluding carboxylic acids is 1. The zero-order valence-corrected chi connectivity index (χ0v) is 12.2. The van der Waals surface area contributed by atoms with Crippen LogP contribution in [-0.2, 0) is 4.79 Å². The van der Waals surface area contributed by atoms with Crippen LogP contribution in [0.4, 0.5) is 0 Å². The Morgan fingerprint density at radius 2 is 2.29 bits per heavy atom. The van der Waals surface area contributed by atoms with Crippen LogP contribution in [0.5, 0.6) is 0 Å². The van der Waals surface area contributed by atoms with Crippen molar-refractivity contribution in [1.29, 1.82) is 0 Å². The van der Waals surface area contributed by atoms with Gasteiger partial charge in [-0.05, 0) is 44.0 Å². The number of hydrogen-bond acceptors (Lipinski definition) is 3. The average molecular weight is 258 g/mol. The van der Waals surface area contributed by atoms with E-state index in [2.05, 4.69) is 31.1 Å². The molecule has 1 fully saturated rings. The molecule has 1 amide bonds. The van der Waals surface area contributed by atoms with Crippen molar-refractivity contribution in [3.8, 4) is 0 Å². The Bertz CT molecular complexity index is 233. The highest BCUT2D eigenvalue weighted by molar-refractivity contribution is 8.00. The lowest BCUT2D eigenvalue weighted by atomic mass is 9.95. The number of amides is 1. The van der Waals surface area contributed by atoms with E-state index in [1.165, 1.54) is 25.9 Å². The summed E-state index contributed by atoms with van der Waals surface area (Å²) in [5, 5.41) is 3.56. The first-order valence-electron chi connectivity index (χ1n) is 6.64. The molecule has 17 heavy (non-hydrogen) atoms. The van der Waals surface area contributed by atoms with E-state index >= 15 is 0 Å². The first-order chi connectivity index (χ1) is 8.08. The molecule has 100 valence electrons. The Labute approximate surface area is 110 Å². The van der Waals surface area contributed by atoms with Crippen LogP contribution in [0, 0.1) is 5.92 Å². The van der Waals surface area contributed by atoms with Crippen molar-refractivity contribution in [3.63, 3.8) is 0 Å². The van der Waals surface area contributed by atoms with Gasteiger partial charge in [0.25, 0.3) is 0 Å². The molecule has 0 saturated carbocycles. The van der Waals surface area contributed by atoms with Crippen molar-refractivity contribution in [2.75, 3.05) is 32.4 Å². The lowest BCUT2D eigenvalue weighted by Crippen LogP contribution is -2.35. The van der Waals surface area contributed by atoms with E-state index < -0.39 is 0 Å². The highest BCUT2D eigenvalue weighted by Gasteiger charge is 2.16. The molecule has 0 aromatic heterocycles. The summed E-state index contributed by atoms with van der Waals surface area (Å²) in [6.45, 7) is 7.51. The van der Waals surface area contributed by atoms with E-state index in [1.807, 2.05) is 0 Å². The maximum atomic E-state index is 11.5. The van der Waals surface area contributed by atoms with Crippen molar-refractivity contribution >= 4 is 17.7 Å². The molecule has 1 N–H and O–H groups in total. The average Bonchev–Trinajstić information content (AvgIpc) is 2.26. The second-order valence-electron chi connectivity index (χ2n) is 5.27. The third-order valence-corrected chi connectivity index (χ3v) is 4.24. The van der Waals surface area contributed by atoms with E-state index in [9.17, 15) is 4.79 Å². The van der Waals surface area contributed by atoms with E-state index in [1.54, 1.807) is 11.8 Å². The molecule has 1 atom stereocenters. The Morgan fingerprint density at radius 3 is 2.94 bits per heavy atom. The molecule has 3 nitrogen and oxygen atoms in total. The molecule has 0 radical (unpaired) electrons. The van der Waals surface area contributed by atoms with Crippen LogP contribution >= 0.6 is 11.8 Å². The topological polar surface area (TPSA) is 32.3 Å². The number of rotatable bonds is 6. The third kappa shape index (κ3) is 6.94. The van der Waals surface area contributed by atoms with Crippen molar-refractivity contribution in [1.82, 2.24) is 10.2 Å². The number of thioether (sulfide) groups is 1. The minimum atomic E-state index is 0.188. The van der Waals surface area contributed by atoms with Crippen LogP contribution in [0.1, 0.15) is 33.1 Å². The second-order valence-corrected chi connectivity index (χ2v) is 6.83. The van der Waals surface area contributed by atoms with Crippen LogP contribution in [0.2, 0.25) is 0 Å². The molecule has 0 unspecified atom stereocenters. The van der Waals surface area contributed by atoms with Crippen LogP contribution in [0.3, 0.4) is 0 Å². The number of piperidine rings is 1. The minimum absolute atomic E-state index is 0.188. The first-order valence-corrected chi connectivity index (χ1v) is 7.69. The van der Waals surface area contributed by atoms with Gasteiger partial charge in [0.1, 0.15) is 0 Å². The number of nitrogens with zero attached hydrogens (tertiary/aromatic N) is 1. The first kappa shape index (κ1) is 14.8. The summed E-state index contributed by atoms with van der Waals surface area (Å²) in [5.74, 6) is 1.56. The van der Waals surface area contributed by atoms with Crippen LogP contribution < -0.4 is 5.32 Å². The van der Waals surface area contributed by atoms with Gasteiger partial charge >= 0.3 is 0 Å². The van der Waals surface area contributed by atoms with Crippen LogP contribution in [-0.4, -0.2) is 48.5 Å². The van der Waals surface area contributed by atoms with E-state index in [4.69, 9.17) is 0 Å². The fourth-order valence-corrected chi connectivity index (χ4v) is 2.80. The van der Waals surface area contributed by atoms with Gasteiger partial charge in [0.2, 0.25) is 5.91 Å². The van der Waals surface area contributed by atoms with Crippen molar-refractivity contribution in [2.24, 2.45) is 5.92 Å². The summed E-state index contributed by atoms with van der Waals surface area (Å²) in [6.07, 6.45) is 3.75. The van der Waals surface area contributed by atoms with Gasteiger partial charge in [-0.2, -0.15) is 0 Å². The summed E-state index contributed by atoms with van der Waals surface area (Å²) in [5.41, 5.74) is 0. The Balaban J connectivity index is 2.04. The summed E-state index contributed by atoms with van der Waals surface area (Å²) >= 11 is 1.71. The molecule has 1 saturated heterocycles. The summed E-state index contributed by atoms with van der Waals surface area (Å²) in [4.78, 5) is 13.9. The highest BCUT2D eigenvalue weighted by atomic mass is 32.2. The van der Waals surface area contributed by atoms with Crippen molar-refractivity contribution in [3.05, 3.63) is 0 Å². The molecule has 1 heterocycles. The third-order valence-electron chi connectivity index (χ3n) is 3.14. The predicted octanol–water partition coefficient (Wildman–Crippen LogP) is 1.98. The van der Waals surface area contributed by atoms with Gasteiger partial charge in [0.05, 0.1) is 5.75 Å². The van der Waals surface area contributed by atoms with Crippen molar-refractivity contribution in [2.45, 2.75) is 38.4 Å². The van der Waals surface area contributed by atoms with E-state index in [0.717, 1.165) is 18.9 Å². The van der Waals surface area contributed by atoms with Gasteiger partial charge < -0.3 is 10.2 Å². The number of carbonyl (C=O) groups is 1. The number of hydrogen-bond donors (Lipinski definition) is 1. The summed E-state index contributed by atoms with van der Waals surface area (Å²) < 4.78 is 0. The maximum absolute atomic E-state index is 11.5. The van der Waals surface area contributed by atoms with Gasteiger partial charge in [-0.3, -0.25) is 4.79 Å². The molecule has 4 heteroatoms. The van der Waals surface area contributed by atoms with E-state index in [0.29, 0.717) is 11.0 Å². The zero-order valence-electron chi connectivity index (χ0n) is 11.4. The number of likely N-dealkylation sites (tertiary alicyclic amines) is 1. The maximum Gasteiger partial charge on any atom is 0.230 e. The molecule has 0 spiro atoms. The second kappa shape index (κ2) is 7.98. The molecule has 0 aromatic carbocycles. The fraction of sp³-hybridized carbons (Fsp3) is 0.923. The van der Waals surface area contributed by atoms with E-state index in [-0.39, 0.29) is 5.91 Å². The van der Waals surface area contributed by atoms with Crippen molar-refractivity contribution < 1.29 is 4.79 Å². The molecule has 1 rings (SSSR count). The lowest BCUT2D eigenvalue weighted by Gasteiger charge is -2.29. The highest BCUT2D eigenvalue weighted by Crippen LogP contribution is 2.17. The van der Waals surface area contributed by atoms with Crippen LogP contribution in [0.25, 0.3) is 0 Å². The van der Waals surface area contributed by atoms with Gasteiger partial charge in [0, 0.05) is 13.1 Å². The SMILES string of the molecule is CC(C)SCC(=O)NCC[C@@H]1CCCN(C)C1. The van der Waals surface area contributed by atoms with Gasteiger partial charge in [-0.1, -0.05) is 13.8 Å². The monoisotopic (exact) mass is 258 g/mol. The van der Waals surface area contributed by atoms with Gasteiger partial charge in [-0.25, -0.2) is 0 Å².